The summed E-state index contributed by atoms with van der Waals surface area (Å²) in [5.74, 6) is 1.59. The van der Waals surface area contributed by atoms with Crippen LogP contribution in [0.1, 0.15) is 31.5 Å². The van der Waals surface area contributed by atoms with Crippen LogP contribution < -0.4 is 5.32 Å². The third-order valence-electron chi connectivity index (χ3n) is 3.18. The van der Waals surface area contributed by atoms with Gasteiger partial charge in [0.2, 0.25) is 0 Å². The van der Waals surface area contributed by atoms with Crippen molar-refractivity contribution in [3.63, 3.8) is 0 Å². The Morgan fingerprint density at radius 2 is 2.00 bits per heavy atom. The van der Waals surface area contributed by atoms with Crippen molar-refractivity contribution < 1.29 is 0 Å². The summed E-state index contributed by atoms with van der Waals surface area (Å²) in [7, 11) is 0. The first-order valence-electron chi connectivity index (χ1n) is 7.13. The average Bonchev–Trinajstić information content (AvgIpc) is 2.43. The van der Waals surface area contributed by atoms with Gasteiger partial charge in [-0.2, -0.15) is 0 Å². The molecule has 0 unspecified atom stereocenters. The lowest BCUT2D eigenvalue weighted by atomic mass is 10.1. The Bertz CT molecular complexity index is 616. The minimum absolute atomic E-state index is 0.731. The van der Waals surface area contributed by atoms with Gasteiger partial charge in [0.15, 0.2) is 5.82 Å². The van der Waals surface area contributed by atoms with Gasteiger partial charge in [0.25, 0.3) is 0 Å². The van der Waals surface area contributed by atoms with E-state index in [0.717, 1.165) is 57.3 Å². The molecule has 21 heavy (non-hydrogen) atoms. The van der Waals surface area contributed by atoms with Gasteiger partial charge < -0.3 is 5.32 Å². The summed E-state index contributed by atoms with van der Waals surface area (Å²) in [6.45, 7) is 7.05. The molecule has 0 aliphatic heterocycles. The minimum atomic E-state index is 0.731. The molecule has 0 radical (unpaired) electrons. The summed E-state index contributed by atoms with van der Waals surface area (Å²) >= 11 is 9.64. The van der Waals surface area contributed by atoms with E-state index in [2.05, 4.69) is 40.1 Å². The van der Waals surface area contributed by atoms with Crippen LogP contribution in [-0.2, 0) is 6.42 Å². The van der Waals surface area contributed by atoms with E-state index in [1.807, 2.05) is 25.1 Å². The van der Waals surface area contributed by atoms with Crippen LogP contribution in [0.25, 0.3) is 11.4 Å². The van der Waals surface area contributed by atoms with Crippen molar-refractivity contribution in [1.82, 2.24) is 9.97 Å². The molecule has 0 saturated heterocycles. The molecule has 0 amide bonds. The molecule has 2 aromatic rings. The van der Waals surface area contributed by atoms with E-state index >= 15 is 0 Å². The minimum Gasteiger partial charge on any atom is -0.369 e. The van der Waals surface area contributed by atoms with Crippen molar-refractivity contribution in [2.45, 2.75) is 33.6 Å². The lowest BCUT2D eigenvalue weighted by Gasteiger charge is -2.13. The fraction of sp³-hybridized carbons (Fsp3) is 0.375. The lowest BCUT2D eigenvalue weighted by molar-refractivity contribution is 0.867. The van der Waals surface area contributed by atoms with E-state index in [1.54, 1.807) is 0 Å². The van der Waals surface area contributed by atoms with Gasteiger partial charge in [0, 0.05) is 17.1 Å². The Labute approximate surface area is 139 Å². The van der Waals surface area contributed by atoms with Gasteiger partial charge >= 0.3 is 0 Å². The van der Waals surface area contributed by atoms with Crippen molar-refractivity contribution >= 4 is 33.3 Å². The first-order chi connectivity index (χ1) is 10.1. The molecule has 1 N–H and O–H groups in total. The fourth-order valence-corrected chi connectivity index (χ4v) is 2.92. The zero-order valence-corrected chi connectivity index (χ0v) is 14.8. The van der Waals surface area contributed by atoms with Gasteiger partial charge in [0.1, 0.15) is 5.82 Å². The number of halogens is 2. The highest BCUT2D eigenvalue weighted by molar-refractivity contribution is 9.10. The van der Waals surface area contributed by atoms with Gasteiger partial charge in [0.05, 0.1) is 10.2 Å². The molecule has 5 heteroatoms. The molecule has 3 nitrogen and oxygen atoms in total. The monoisotopic (exact) mass is 367 g/mol. The number of aryl methyl sites for hydroxylation is 2. The molecule has 1 aromatic carbocycles. The van der Waals surface area contributed by atoms with E-state index in [0.29, 0.717) is 0 Å². The van der Waals surface area contributed by atoms with Gasteiger partial charge in [-0.25, -0.2) is 9.97 Å². The molecule has 0 saturated carbocycles. The van der Waals surface area contributed by atoms with Crippen LogP contribution in [-0.4, -0.2) is 16.5 Å². The van der Waals surface area contributed by atoms with E-state index in [1.165, 1.54) is 0 Å². The molecule has 0 bridgehead atoms. The van der Waals surface area contributed by atoms with Gasteiger partial charge in [-0.05, 0) is 60.0 Å². The van der Waals surface area contributed by atoms with Crippen molar-refractivity contribution in [3.05, 3.63) is 39.0 Å². The molecule has 2 rings (SSSR count). The van der Waals surface area contributed by atoms with Crippen molar-refractivity contribution in [2.75, 3.05) is 11.9 Å². The van der Waals surface area contributed by atoms with Crippen LogP contribution >= 0.6 is 27.5 Å². The standard InChI is InChI=1S/C16H19BrClN3/c1-4-6-13-14(17)16(19-5-2)21-15(20-13)12-8-7-11(18)9-10(12)3/h7-9H,4-6H2,1-3H3,(H,19,20,21). The fourth-order valence-electron chi connectivity index (χ4n) is 2.18. The van der Waals surface area contributed by atoms with Crippen molar-refractivity contribution in [1.29, 1.82) is 0 Å². The predicted molar refractivity (Wildman–Crippen MR) is 93.1 cm³/mol. The number of anilines is 1. The van der Waals surface area contributed by atoms with Gasteiger partial charge in [-0.3, -0.25) is 0 Å². The number of hydrogen-bond acceptors (Lipinski definition) is 3. The molecule has 0 spiro atoms. The normalized spacial score (nSPS) is 10.7. The number of rotatable bonds is 5. The zero-order valence-electron chi connectivity index (χ0n) is 12.5. The maximum absolute atomic E-state index is 6.03. The Hall–Kier alpha value is -1.13. The topological polar surface area (TPSA) is 37.8 Å². The van der Waals surface area contributed by atoms with Crippen LogP contribution in [0.4, 0.5) is 5.82 Å². The maximum atomic E-state index is 6.03. The van der Waals surface area contributed by atoms with Crippen LogP contribution in [0.15, 0.2) is 22.7 Å². The van der Waals surface area contributed by atoms with E-state index in [4.69, 9.17) is 16.6 Å². The molecule has 0 aliphatic carbocycles. The Morgan fingerprint density at radius 1 is 1.24 bits per heavy atom. The average molecular weight is 369 g/mol. The molecule has 1 aromatic heterocycles. The molecule has 0 fully saturated rings. The number of benzene rings is 1. The number of aromatic nitrogens is 2. The Kier molecular flexibility index (Phi) is 5.59. The molecule has 1 heterocycles. The first-order valence-corrected chi connectivity index (χ1v) is 8.30. The summed E-state index contributed by atoms with van der Waals surface area (Å²) in [6, 6.07) is 5.79. The van der Waals surface area contributed by atoms with Crippen LogP contribution in [0, 0.1) is 6.92 Å². The Balaban J connectivity index is 2.56. The highest BCUT2D eigenvalue weighted by atomic mass is 79.9. The summed E-state index contributed by atoms with van der Waals surface area (Å²) in [4.78, 5) is 9.38. The second kappa shape index (κ2) is 7.23. The molecule has 0 aliphatic rings. The first kappa shape index (κ1) is 16.2. The summed E-state index contributed by atoms with van der Waals surface area (Å²) in [6.07, 6.45) is 1.96. The largest absolute Gasteiger partial charge is 0.369 e. The van der Waals surface area contributed by atoms with Gasteiger partial charge in [-0.15, -0.1) is 0 Å². The van der Waals surface area contributed by atoms with E-state index in [9.17, 15) is 0 Å². The summed E-state index contributed by atoms with van der Waals surface area (Å²) in [5, 5.41) is 4.02. The van der Waals surface area contributed by atoms with Gasteiger partial charge in [-0.1, -0.05) is 24.9 Å². The van der Waals surface area contributed by atoms with Crippen LogP contribution in [0.3, 0.4) is 0 Å². The molecular weight excluding hydrogens is 350 g/mol. The predicted octanol–water partition coefficient (Wildman–Crippen LogP) is 5.25. The maximum Gasteiger partial charge on any atom is 0.162 e. The highest BCUT2D eigenvalue weighted by Gasteiger charge is 2.14. The third-order valence-corrected chi connectivity index (χ3v) is 4.25. The molecule has 112 valence electrons. The SMILES string of the molecule is CCCc1nc(-c2ccc(Cl)cc2C)nc(NCC)c1Br. The lowest BCUT2D eigenvalue weighted by Crippen LogP contribution is -2.06. The highest BCUT2D eigenvalue weighted by Crippen LogP contribution is 2.30. The summed E-state index contributed by atoms with van der Waals surface area (Å²) in [5.41, 5.74) is 3.13. The van der Waals surface area contributed by atoms with Crippen LogP contribution in [0.2, 0.25) is 5.02 Å². The summed E-state index contributed by atoms with van der Waals surface area (Å²) < 4.78 is 0.960. The van der Waals surface area contributed by atoms with Crippen molar-refractivity contribution in [3.8, 4) is 11.4 Å². The second-order valence-electron chi connectivity index (χ2n) is 4.90. The van der Waals surface area contributed by atoms with E-state index in [-0.39, 0.29) is 0 Å². The third kappa shape index (κ3) is 3.74. The number of hydrogen-bond donors (Lipinski definition) is 1. The van der Waals surface area contributed by atoms with E-state index < -0.39 is 0 Å². The Morgan fingerprint density at radius 3 is 2.62 bits per heavy atom. The molecular formula is C16H19BrClN3. The number of nitrogens with one attached hydrogen (secondary N) is 1. The van der Waals surface area contributed by atoms with Crippen molar-refractivity contribution in [2.24, 2.45) is 0 Å². The number of nitrogens with zero attached hydrogens (tertiary/aromatic N) is 2. The smallest absolute Gasteiger partial charge is 0.162 e. The zero-order chi connectivity index (χ0) is 15.4. The van der Waals surface area contributed by atoms with Crippen LogP contribution in [0.5, 0.6) is 0 Å². The quantitative estimate of drug-likeness (QED) is 0.783. The second-order valence-corrected chi connectivity index (χ2v) is 6.13. The molecule has 0 atom stereocenters.